The van der Waals surface area contributed by atoms with Crippen LogP contribution in [0, 0.1) is 6.07 Å². The Morgan fingerprint density at radius 3 is 1.14 bits per heavy atom. The van der Waals surface area contributed by atoms with Crippen molar-refractivity contribution in [3.8, 4) is 0 Å². The largest absolute Gasteiger partial charge is 0.184 e. The summed E-state index contributed by atoms with van der Waals surface area (Å²) in [6.45, 7) is 9.61. The van der Waals surface area contributed by atoms with Gasteiger partial charge in [0, 0.05) is 0 Å². The number of rotatable bonds is 6. The van der Waals surface area contributed by atoms with Crippen LogP contribution in [0.25, 0.3) is 0 Å². The first-order chi connectivity index (χ1) is 16.7. The predicted molar refractivity (Wildman–Crippen MR) is 163 cm³/mol. The van der Waals surface area contributed by atoms with Gasteiger partial charge in [-0.1, -0.05) is 69.2 Å². The van der Waals surface area contributed by atoms with Gasteiger partial charge in [0.05, 0.1) is 0 Å². The molecule has 35 heavy (non-hydrogen) atoms. The molecule has 2 aliphatic heterocycles. The zero-order chi connectivity index (χ0) is 24.8. The minimum atomic E-state index is 0. The van der Waals surface area contributed by atoms with E-state index in [1.807, 2.05) is 49.8 Å². The molecule has 2 saturated heterocycles. The van der Waals surface area contributed by atoms with Gasteiger partial charge in [-0.3, -0.25) is 0 Å². The molecule has 0 bridgehead atoms. The summed E-state index contributed by atoms with van der Waals surface area (Å²) in [4.78, 5) is 0. The second-order valence-corrected chi connectivity index (χ2v) is 16.7. The Morgan fingerprint density at radius 1 is 0.629 bits per heavy atom. The van der Waals surface area contributed by atoms with Gasteiger partial charge in [-0.25, -0.2) is 0 Å². The minimum Gasteiger partial charge on any atom is -0.184 e. The van der Waals surface area contributed by atoms with E-state index in [1.165, 1.54) is 85.3 Å². The number of hydrogen-bond donors (Lipinski definition) is 0. The Morgan fingerprint density at radius 2 is 0.943 bits per heavy atom. The first kappa shape index (κ1) is 35.0. The van der Waals surface area contributed by atoms with Crippen molar-refractivity contribution in [2.24, 2.45) is 0 Å². The summed E-state index contributed by atoms with van der Waals surface area (Å²) >= 11 is 4.72. The first-order valence-corrected chi connectivity index (χ1v) is 22.0. The molecule has 0 unspecified atom stereocenters. The molecule has 4 fully saturated rings. The summed E-state index contributed by atoms with van der Waals surface area (Å²) < 4.78 is 0. The third kappa shape index (κ3) is 10.8. The van der Waals surface area contributed by atoms with E-state index >= 15 is 0 Å². The summed E-state index contributed by atoms with van der Waals surface area (Å²) in [7, 11) is 0.948. The Labute approximate surface area is 253 Å². The smallest absolute Gasteiger partial charge is 0.171 e. The fourth-order valence-electron chi connectivity index (χ4n) is 6.88. The van der Waals surface area contributed by atoms with Crippen LogP contribution < -0.4 is 0 Å². The molecule has 5 rings (SSSR count). The van der Waals surface area contributed by atoms with Crippen LogP contribution >= 0.6 is 35.4 Å². The topological polar surface area (TPSA) is 0 Å². The second kappa shape index (κ2) is 20.8. The van der Waals surface area contributed by atoms with E-state index in [9.17, 15) is 0 Å². The molecule has 204 valence electrons. The molecule has 2 aliphatic carbocycles. The van der Waals surface area contributed by atoms with Crippen molar-refractivity contribution in [3.63, 3.8) is 0 Å². The molecular weight excluding hydrogens is 711 g/mol. The summed E-state index contributed by atoms with van der Waals surface area (Å²) in [5.74, 6) is 0. The van der Waals surface area contributed by atoms with Crippen LogP contribution in [0.5, 0.6) is 0 Å². The van der Waals surface area contributed by atoms with E-state index in [0.717, 1.165) is 0 Å². The fourth-order valence-corrected chi connectivity index (χ4v) is 15.3. The zero-order valence-electron chi connectivity index (χ0n) is 22.7. The van der Waals surface area contributed by atoms with E-state index in [1.54, 1.807) is 38.5 Å². The molecule has 0 amide bonds. The Balaban J connectivity index is 0.000000264. The van der Waals surface area contributed by atoms with E-state index < -0.39 is 0 Å². The van der Waals surface area contributed by atoms with Gasteiger partial charge in [0.15, 0.2) is 0 Å². The second-order valence-electron chi connectivity index (χ2n) is 10.6. The molecule has 5 heteroatoms. The van der Waals surface area contributed by atoms with Gasteiger partial charge in [-0.05, 0) is 98.2 Å². The molecule has 2 saturated carbocycles. The van der Waals surface area contributed by atoms with E-state index in [4.69, 9.17) is 0 Å². The van der Waals surface area contributed by atoms with Crippen molar-refractivity contribution in [3.05, 3.63) is 36.4 Å². The van der Waals surface area contributed by atoms with Crippen LogP contribution in [-0.2, 0) is 32.7 Å². The molecule has 0 spiro atoms. The standard InChI is InChI=1S/2C12H23P.C6H5.Fe.HI.Pd/c2*1-3-10-9-11(4-2)13(10)12-7-5-6-8-12;1-2-4-6-5-3-1;;;/h2*10-12H,3-9H2,1-2H3;1-5H;;1H;/q;;-1;+2;;+2/p-1/t2*10-,11-;;;;/m00..../s1. The first-order valence-electron chi connectivity index (χ1n) is 14.3. The molecule has 0 aromatic heterocycles. The monoisotopic (exact) mass is 762 g/mol. The van der Waals surface area contributed by atoms with Gasteiger partial charge < -0.3 is 0 Å². The van der Waals surface area contributed by atoms with Gasteiger partial charge in [-0.2, -0.15) is 36.4 Å². The maximum absolute atomic E-state index is 2.89. The Hall–Kier alpha value is 1.99. The van der Waals surface area contributed by atoms with Crippen LogP contribution in [0.15, 0.2) is 30.3 Å². The van der Waals surface area contributed by atoms with Crippen molar-refractivity contribution in [2.45, 2.75) is 152 Å². The molecule has 0 N–H and O–H groups in total. The third-order valence-electron chi connectivity index (χ3n) is 8.76. The van der Waals surface area contributed by atoms with Crippen LogP contribution in [0.3, 0.4) is 0 Å². The van der Waals surface area contributed by atoms with Gasteiger partial charge in [0.1, 0.15) is 0 Å². The molecule has 4 atom stereocenters. The predicted octanol–water partition coefficient (Wildman–Crippen LogP) is 11.1. The molecule has 4 aliphatic rings. The van der Waals surface area contributed by atoms with Crippen LogP contribution in [0.1, 0.15) is 118 Å². The summed E-state index contributed by atoms with van der Waals surface area (Å²) in [6, 6.07) is 12.5. The van der Waals surface area contributed by atoms with Crippen molar-refractivity contribution >= 4 is 35.4 Å². The van der Waals surface area contributed by atoms with Crippen molar-refractivity contribution in [2.75, 3.05) is 0 Å². The van der Waals surface area contributed by atoms with Crippen LogP contribution in [0.2, 0.25) is 0 Å². The molecule has 1 aromatic rings. The van der Waals surface area contributed by atoms with Gasteiger partial charge in [0.2, 0.25) is 0 Å². The average molecular weight is 763 g/mol. The number of hydrogen-bond acceptors (Lipinski definition) is 0. The minimum absolute atomic E-state index is 0. The maximum Gasteiger partial charge on any atom is -0.171 e. The summed E-state index contributed by atoms with van der Waals surface area (Å²) in [5, 5.41) is 0. The Bertz CT molecular complexity index is 525. The zero-order valence-corrected chi connectivity index (χ0v) is 29.3. The average Bonchev–Trinajstić information content (AvgIpc) is 3.57. The quantitative estimate of drug-likeness (QED) is 0.117. The SMILES string of the molecule is CC[C@H]1C[C@H](CC)P1C1CCCC1.CC[C@H]1C[C@H](CC)P1C1CCCC1.[Fe+2].[Pd+][I].[c-]1ccccc1. The molecule has 0 nitrogen and oxygen atoms in total. The number of benzene rings is 1. The number of halogens is 1. The third-order valence-corrected chi connectivity index (χ3v) is 17.2. The normalized spacial score (nSPS) is 28.7. The summed E-state index contributed by atoms with van der Waals surface area (Å²) in [5.41, 5.74) is 7.06. The van der Waals surface area contributed by atoms with E-state index in [2.05, 4.69) is 49.3 Å². The van der Waals surface area contributed by atoms with Crippen molar-refractivity contribution in [1.29, 1.82) is 0 Å². The summed E-state index contributed by atoms with van der Waals surface area (Å²) in [6.07, 6.45) is 21.5. The molecule has 0 radical (unpaired) electrons. The van der Waals surface area contributed by atoms with Crippen molar-refractivity contribution < 1.29 is 32.7 Å². The van der Waals surface area contributed by atoms with E-state index in [-0.39, 0.29) is 17.1 Å². The van der Waals surface area contributed by atoms with E-state index in [0.29, 0.717) is 15.8 Å². The van der Waals surface area contributed by atoms with Gasteiger partial charge >= 0.3 is 52.2 Å². The van der Waals surface area contributed by atoms with Crippen LogP contribution in [-0.4, -0.2) is 34.0 Å². The fraction of sp³-hybridized carbons (Fsp3) is 0.800. The Kier molecular flexibility index (Phi) is 20.8. The molecule has 1 aromatic carbocycles. The molecule has 2 heterocycles. The maximum atomic E-state index is 2.89. The van der Waals surface area contributed by atoms with Crippen LogP contribution in [0.4, 0.5) is 0 Å². The van der Waals surface area contributed by atoms with Crippen molar-refractivity contribution in [1.82, 2.24) is 0 Å². The van der Waals surface area contributed by atoms with Gasteiger partial charge in [0.25, 0.3) is 0 Å². The van der Waals surface area contributed by atoms with Gasteiger partial charge in [-0.15, -0.1) is 0 Å². The molecular formula is C30H51FeIP2Pd+2.